The number of hydrogen-bond donors (Lipinski definition) is 2. The lowest BCUT2D eigenvalue weighted by atomic mass is 10.1. The SMILES string of the molecule is CCOc1ccc(C(=O)N/N=C\c2ccc(OC)c(OC)c2C(=O)O)cc1OC. The van der Waals surface area contributed by atoms with Gasteiger partial charge < -0.3 is 24.1 Å². The molecule has 0 bridgehead atoms. The molecule has 29 heavy (non-hydrogen) atoms. The van der Waals surface area contributed by atoms with Crippen LogP contribution in [0.4, 0.5) is 0 Å². The summed E-state index contributed by atoms with van der Waals surface area (Å²) in [5.41, 5.74) is 2.75. The van der Waals surface area contributed by atoms with Crippen molar-refractivity contribution in [1.29, 1.82) is 0 Å². The summed E-state index contributed by atoms with van der Waals surface area (Å²) in [6.45, 7) is 2.30. The summed E-state index contributed by atoms with van der Waals surface area (Å²) in [5.74, 6) is -0.452. The zero-order chi connectivity index (χ0) is 21.4. The number of amides is 1. The van der Waals surface area contributed by atoms with Crippen LogP contribution in [-0.4, -0.2) is 51.1 Å². The van der Waals surface area contributed by atoms with E-state index in [-0.39, 0.29) is 22.6 Å². The number of hydrazone groups is 1. The maximum absolute atomic E-state index is 12.3. The van der Waals surface area contributed by atoms with Crippen LogP contribution in [0, 0.1) is 0 Å². The molecule has 0 aliphatic rings. The fourth-order valence-electron chi connectivity index (χ4n) is 2.58. The Morgan fingerprint density at radius 2 is 1.72 bits per heavy atom. The van der Waals surface area contributed by atoms with Crippen LogP contribution < -0.4 is 24.4 Å². The van der Waals surface area contributed by atoms with Crippen molar-refractivity contribution >= 4 is 18.1 Å². The fourth-order valence-corrected chi connectivity index (χ4v) is 2.58. The van der Waals surface area contributed by atoms with Gasteiger partial charge in [-0.05, 0) is 37.3 Å². The summed E-state index contributed by atoms with van der Waals surface area (Å²) in [6.07, 6.45) is 1.22. The van der Waals surface area contributed by atoms with Crippen LogP contribution in [0.2, 0.25) is 0 Å². The quantitative estimate of drug-likeness (QED) is 0.489. The predicted molar refractivity (Wildman–Crippen MR) is 106 cm³/mol. The Hall–Kier alpha value is -3.75. The van der Waals surface area contributed by atoms with E-state index in [9.17, 15) is 14.7 Å². The van der Waals surface area contributed by atoms with Gasteiger partial charge in [0.25, 0.3) is 5.91 Å². The number of ether oxygens (including phenoxy) is 4. The van der Waals surface area contributed by atoms with E-state index in [1.54, 1.807) is 18.2 Å². The molecule has 9 nitrogen and oxygen atoms in total. The van der Waals surface area contributed by atoms with Gasteiger partial charge in [0.2, 0.25) is 0 Å². The lowest BCUT2D eigenvalue weighted by Gasteiger charge is -2.12. The van der Waals surface area contributed by atoms with Crippen molar-refractivity contribution < 1.29 is 33.6 Å². The van der Waals surface area contributed by atoms with E-state index < -0.39 is 11.9 Å². The fraction of sp³-hybridized carbons (Fsp3) is 0.250. The lowest BCUT2D eigenvalue weighted by molar-refractivity contribution is 0.0692. The van der Waals surface area contributed by atoms with Crippen molar-refractivity contribution in [3.63, 3.8) is 0 Å². The van der Waals surface area contributed by atoms with Gasteiger partial charge in [-0.3, -0.25) is 4.79 Å². The zero-order valence-electron chi connectivity index (χ0n) is 16.5. The van der Waals surface area contributed by atoms with Crippen LogP contribution in [0.15, 0.2) is 35.4 Å². The maximum atomic E-state index is 12.3. The molecule has 1 amide bonds. The van der Waals surface area contributed by atoms with Crippen molar-refractivity contribution in [1.82, 2.24) is 5.43 Å². The lowest BCUT2D eigenvalue weighted by Crippen LogP contribution is -2.18. The van der Waals surface area contributed by atoms with Gasteiger partial charge in [-0.2, -0.15) is 5.10 Å². The third-order valence-electron chi connectivity index (χ3n) is 3.89. The van der Waals surface area contributed by atoms with Gasteiger partial charge in [-0.25, -0.2) is 10.2 Å². The van der Waals surface area contributed by atoms with Crippen LogP contribution in [0.25, 0.3) is 0 Å². The van der Waals surface area contributed by atoms with E-state index >= 15 is 0 Å². The molecule has 0 saturated heterocycles. The number of carbonyl (C=O) groups excluding carboxylic acids is 1. The Labute approximate surface area is 167 Å². The van der Waals surface area contributed by atoms with Crippen molar-refractivity contribution in [2.45, 2.75) is 6.92 Å². The highest BCUT2D eigenvalue weighted by molar-refractivity contribution is 6.02. The molecule has 0 aromatic heterocycles. The van der Waals surface area contributed by atoms with Crippen molar-refractivity contribution in [2.75, 3.05) is 27.9 Å². The van der Waals surface area contributed by atoms with Crippen LogP contribution in [-0.2, 0) is 0 Å². The van der Waals surface area contributed by atoms with E-state index in [4.69, 9.17) is 18.9 Å². The molecule has 0 fully saturated rings. The van der Waals surface area contributed by atoms with Crippen molar-refractivity contribution in [3.8, 4) is 23.0 Å². The molecule has 0 aliphatic carbocycles. The van der Waals surface area contributed by atoms with Gasteiger partial charge in [-0.1, -0.05) is 0 Å². The molecule has 2 aromatic rings. The van der Waals surface area contributed by atoms with E-state index in [1.807, 2.05) is 6.92 Å². The van der Waals surface area contributed by atoms with Crippen LogP contribution in [0.1, 0.15) is 33.2 Å². The number of nitrogens with zero attached hydrogens (tertiary/aromatic N) is 1. The molecule has 0 aliphatic heterocycles. The van der Waals surface area contributed by atoms with Crippen LogP contribution >= 0.6 is 0 Å². The summed E-state index contributed by atoms with van der Waals surface area (Å²) >= 11 is 0. The third kappa shape index (κ3) is 4.95. The van der Waals surface area contributed by atoms with Crippen LogP contribution in [0.5, 0.6) is 23.0 Å². The Bertz CT molecular complexity index is 925. The monoisotopic (exact) mass is 402 g/mol. The summed E-state index contributed by atoms with van der Waals surface area (Å²) in [4.78, 5) is 24.0. The molecule has 0 atom stereocenters. The zero-order valence-corrected chi connectivity index (χ0v) is 16.5. The van der Waals surface area contributed by atoms with Crippen molar-refractivity contribution in [3.05, 3.63) is 47.0 Å². The number of carboxylic acids is 1. The second-order valence-corrected chi connectivity index (χ2v) is 5.57. The second-order valence-electron chi connectivity index (χ2n) is 5.57. The largest absolute Gasteiger partial charge is 0.493 e. The summed E-state index contributed by atoms with van der Waals surface area (Å²) < 4.78 is 20.9. The maximum Gasteiger partial charge on any atom is 0.340 e. The summed E-state index contributed by atoms with van der Waals surface area (Å²) in [7, 11) is 4.22. The number of hydrogen-bond acceptors (Lipinski definition) is 7. The number of rotatable bonds is 9. The first-order valence-electron chi connectivity index (χ1n) is 8.59. The number of aromatic carboxylic acids is 1. The van der Waals surface area contributed by atoms with E-state index in [1.165, 1.54) is 39.7 Å². The minimum atomic E-state index is -1.22. The Kier molecular flexibility index (Phi) is 7.41. The minimum Gasteiger partial charge on any atom is -0.493 e. The summed E-state index contributed by atoms with van der Waals surface area (Å²) in [5, 5.41) is 13.4. The van der Waals surface area contributed by atoms with Gasteiger partial charge >= 0.3 is 5.97 Å². The highest BCUT2D eigenvalue weighted by Gasteiger charge is 2.20. The average Bonchev–Trinajstić information content (AvgIpc) is 2.73. The number of carboxylic acid groups (broad SMARTS) is 1. The number of methoxy groups -OCH3 is 3. The van der Waals surface area contributed by atoms with Gasteiger partial charge in [0, 0.05) is 11.1 Å². The highest BCUT2D eigenvalue weighted by atomic mass is 16.5. The van der Waals surface area contributed by atoms with E-state index in [2.05, 4.69) is 10.5 Å². The first-order valence-corrected chi connectivity index (χ1v) is 8.59. The highest BCUT2D eigenvalue weighted by Crippen LogP contribution is 2.33. The summed E-state index contributed by atoms with van der Waals surface area (Å²) in [6, 6.07) is 7.76. The Balaban J connectivity index is 2.23. The molecule has 2 aromatic carbocycles. The molecule has 2 N–H and O–H groups in total. The molecule has 9 heteroatoms. The third-order valence-corrected chi connectivity index (χ3v) is 3.89. The molecular formula is C20H22N2O7. The second kappa shape index (κ2) is 9.98. The molecule has 0 heterocycles. The Morgan fingerprint density at radius 1 is 1.03 bits per heavy atom. The van der Waals surface area contributed by atoms with Gasteiger partial charge in [0.05, 0.1) is 34.2 Å². The average molecular weight is 402 g/mol. The molecule has 154 valence electrons. The van der Waals surface area contributed by atoms with Crippen molar-refractivity contribution in [2.24, 2.45) is 5.10 Å². The van der Waals surface area contributed by atoms with E-state index in [0.717, 1.165) is 0 Å². The van der Waals surface area contributed by atoms with Gasteiger partial charge in [-0.15, -0.1) is 0 Å². The number of carbonyl (C=O) groups is 2. The van der Waals surface area contributed by atoms with Gasteiger partial charge in [0.1, 0.15) is 5.56 Å². The number of nitrogens with one attached hydrogen (secondary N) is 1. The first-order chi connectivity index (χ1) is 14.0. The Morgan fingerprint density at radius 3 is 2.31 bits per heavy atom. The molecule has 0 unspecified atom stereocenters. The van der Waals surface area contributed by atoms with E-state index in [0.29, 0.717) is 23.7 Å². The topological polar surface area (TPSA) is 116 Å². The normalized spacial score (nSPS) is 10.5. The smallest absolute Gasteiger partial charge is 0.340 e. The molecule has 0 spiro atoms. The minimum absolute atomic E-state index is 0.0616. The first kappa shape index (κ1) is 21.5. The standard InChI is InChI=1S/C20H22N2O7/c1-5-29-14-8-6-12(10-16(14)27-3)19(23)22-21-11-13-7-9-15(26-2)18(28-4)17(13)20(24)25/h6-11H,5H2,1-4H3,(H,22,23)(H,24,25)/b21-11-. The molecule has 0 radical (unpaired) electrons. The van der Waals surface area contributed by atoms with Gasteiger partial charge in [0.15, 0.2) is 23.0 Å². The molecular weight excluding hydrogens is 380 g/mol. The molecule has 0 saturated carbocycles. The van der Waals surface area contributed by atoms with Crippen LogP contribution in [0.3, 0.4) is 0 Å². The molecule has 2 rings (SSSR count). The number of benzene rings is 2. The predicted octanol–water partition coefficient (Wildman–Crippen LogP) is 2.57.